The minimum Gasteiger partial charge on any atom is -0.454 e. The molecule has 5 rings (SSSR count). The summed E-state index contributed by atoms with van der Waals surface area (Å²) < 4.78 is 11.8. The molecule has 0 aliphatic carbocycles. The van der Waals surface area contributed by atoms with Crippen LogP contribution in [0.2, 0.25) is 5.02 Å². The molecule has 1 aliphatic rings. The summed E-state index contributed by atoms with van der Waals surface area (Å²) in [5, 5.41) is 0.573. The van der Waals surface area contributed by atoms with E-state index in [2.05, 4.69) is 9.88 Å². The summed E-state index contributed by atoms with van der Waals surface area (Å²) >= 11 is 6.16. The molecule has 0 spiro atoms. The first-order valence-electron chi connectivity index (χ1n) is 10.3. The number of carbonyl (C=O) groups excluding carboxylic acids is 1. The highest BCUT2D eigenvalue weighted by molar-refractivity contribution is 6.35. The van der Waals surface area contributed by atoms with Crippen molar-refractivity contribution in [1.29, 1.82) is 0 Å². The van der Waals surface area contributed by atoms with Crippen molar-refractivity contribution in [3.63, 3.8) is 0 Å². The summed E-state index contributed by atoms with van der Waals surface area (Å²) in [5.74, 6) is 1.11. The van der Waals surface area contributed by atoms with Gasteiger partial charge in [-0.25, -0.2) is 4.98 Å². The lowest BCUT2D eigenvalue weighted by Gasteiger charge is -2.31. The molecule has 0 radical (unpaired) electrons. The third kappa shape index (κ3) is 3.65. The Hall–Kier alpha value is -3.58. The Morgan fingerprint density at radius 1 is 1.12 bits per heavy atom. The highest BCUT2D eigenvalue weighted by Crippen LogP contribution is 2.32. The molecule has 7 nitrogen and oxygen atoms in total. The Morgan fingerprint density at radius 2 is 1.88 bits per heavy atom. The second kappa shape index (κ2) is 8.16. The summed E-state index contributed by atoms with van der Waals surface area (Å²) in [5.41, 5.74) is 7.54. The second-order valence-corrected chi connectivity index (χ2v) is 8.23. The SMILES string of the molecule is Nc1nc2c(=O)c3c(Cl)cccc3oc2cc1Oc1ccc(N2CCC(C=O)CC2)cc1. The van der Waals surface area contributed by atoms with Gasteiger partial charge in [-0.3, -0.25) is 4.79 Å². The van der Waals surface area contributed by atoms with Crippen molar-refractivity contribution in [3.8, 4) is 11.5 Å². The summed E-state index contributed by atoms with van der Waals surface area (Å²) in [6.45, 7) is 1.70. The minimum absolute atomic E-state index is 0.0798. The van der Waals surface area contributed by atoms with E-state index in [-0.39, 0.29) is 33.7 Å². The van der Waals surface area contributed by atoms with Crippen LogP contribution in [0.25, 0.3) is 22.1 Å². The molecule has 2 N–H and O–H groups in total. The van der Waals surface area contributed by atoms with Crippen LogP contribution in [-0.2, 0) is 4.79 Å². The van der Waals surface area contributed by atoms with Crippen molar-refractivity contribution < 1.29 is 13.9 Å². The Labute approximate surface area is 188 Å². The molecule has 1 aliphatic heterocycles. The molecule has 8 heteroatoms. The summed E-state index contributed by atoms with van der Waals surface area (Å²) in [7, 11) is 0. The molecule has 32 heavy (non-hydrogen) atoms. The van der Waals surface area contributed by atoms with Crippen LogP contribution < -0.4 is 20.8 Å². The number of rotatable bonds is 4. The Kier molecular flexibility index (Phi) is 5.19. The van der Waals surface area contributed by atoms with E-state index in [4.69, 9.17) is 26.5 Å². The third-order valence-electron chi connectivity index (χ3n) is 5.78. The maximum Gasteiger partial charge on any atom is 0.220 e. The molecule has 162 valence electrons. The Bertz CT molecular complexity index is 1380. The van der Waals surface area contributed by atoms with Crippen LogP contribution >= 0.6 is 11.6 Å². The normalized spacial score (nSPS) is 14.7. The van der Waals surface area contributed by atoms with Crippen molar-refractivity contribution in [1.82, 2.24) is 4.98 Å². The molecule has 0 atom stereocenters. The average Bonchev–Trinajstić information content (AvgIpc) is 2.81. The van der Waals surface area contributed by atoms with Crippen molar-refractivity contribution >= 4 is 51.5 Å². The average molecular weight is 450 g/mol. The number of fused-ring (bicyclic) bond motifs is 2. The van der Waals surface area contributed by atoms with Crippen LogP contribution in [0.5, 0.6) is 11.5 Å². The molecule has 1 fully saturated rings. The predicted octanol–water partition coefficient (Wildman–Crippen LogP) is 4.78. The molecule has 3 heterocycles. The number of anilines is 2. The molecule has 2 aromatic carbocycles. The van der Waals surface area contributed by atoms with E-state index < -0.39 is 0 Å². The fraction of sp³-hybridized carbons (Fsp3) is 0.208. The lowest BCUT2D eigenvalue weighted by atomic mass is 9.98. The molecule has 0 saturated carbocycles. The number of carbonyl (C=O) groups is 1. The number of aldehydes is 1. The van der Waals surface area contributed by atoms with Gasteiger partial charge in [0, 0.05) is 30.8 Å². The quantitative estimate of drug-likeness (QED) is 0.353. The van der Waals surface area contributed by atoms with Gasteiger partial charge in [-0.05, 0) is 49.2 Å². The van der Waals surface area contributed by atoms with E-state index in [9.17, 15) is 9.59 Å². The van der Waals surface area contributed by atoms with Gasteiger partial charge in [0.1, 0.15) is 17.6 Å². The molecule has 2 aromatic heterocycles. The fourth-order valence-corrected chi connectivity index (χ4v) is 4.26. The summed E-state index contributed by atoms with van der Waals surface area (Å²) in [6.07, 6.45) is 2.79. The van der Waals surface area contributed by atoms with Gasteiger partial charge in [-0.1, -0.05) is 17.7 Å². The van der Waals surface area contributed by atoms with E-state index >= 15 is 0 Å². The van der Waals surface area contributed by atoms with E-state index in [0.29, 0.717) is 22.1 Å². The molecule has 0 bridgehead atoms. The van der Waals surface area contributed by atoms with Gasteiger partial charge in [0.2, 0.25) is 5.43 Å². The number of hydrogen-bond donors (Lipinski definition) is 1. The van der Waals surface area contributed by atoms with Crippen molar-refractivity contribution in [2.45, 2.75) is 12.8 Å². The smallest absolute Gasteiger partial charge is 0.220 e. The van der Waals surface area contributed by atoms with Crippen LogP contribution in [0.3, 0.4) is 0 Å². The minimum atomic E-state index is -0.340. The van der Waals surface area contributed by atoms with Gasteiger partial charge in [0.15, 0.2) is 22.7 Å². The summed E-state index contributed by atoms with van der Waals surface area (Å²) in [4.78, 5) is 30.2. The zero-order valence-electron chi connectivity index (χ0n) is 17.1. The van der Waals surface area contributed by atoms with Gasteiger partial charge in [0.05, 0.1) is 10.4 Å². The number of nitrogen functional groups attached to an aromatic ring is 1. The largest absolute Gasteiger partial charge is 0.454 e. The topological polar surface area (TPSA) is 98.7 Å². The number of hydrogen-bond acceptors (Lipinski definition) is 7. The maximum atomic E-state index is 12.8. The van der Waals surface area contributed by atoms with E-state index in [1.807, 2.05) is 24.3 Å². The monoisotopic (exact) mass is 449 g/mol. The molecule has 4 aromatic rings. The molecule has 1 saturated heterocycles. The zero-order chi connectivity index (χ0) is 22.2. The number of nitrogens with two attached hydrogens (primary N) is 1. The van der Waals surface area contributed by atoms with Crippen LogP contribution in [0.15, 0.2) is 57.7 Å². The van der Waals surface area contributed by atoms with Gasteiger partial charge < -0.3 is 24.6 Å². The number of halogens is 1. The zero-order valence-corrected chi connectivity index (χ0v) is 17.8. The molecule has 0 amide bonds. The lowest BCUT2D eigenvalue weighted by Crippen LogP contribution is -2.33. The second-order valence-electron chi connectivity index (χ2n) is 7.82. The van der Waals surface area contributed by atoms with Gasteiger partial charge >= 0.3 is 0 Å². The fourth-order valence-electron chi connectivity index (χ4n) is 4.01. The highest BCUT2D eigenvalue weighted by Gasteiger charge is 2.19. The Morgan fingerprint density at radius 3 is 2.59 bits per heavy atom. The predicted molar refractivity (Wildman–Crippen MR) is 125 cm³/mol. The number of nitrogens with zero attached hydrogens (tertiary/aromatic N) is 2. The van der Waals surface area contributed by atoms with Crippen molar-refractivity contribution in [2.75, 3.05) is 23.7 Å². The van der Waals surface area contributed by atoms with Crippen LogP contribution in [0.1, 0.15) is 12.8 Å². The number of ether oxygens (including phenoxy) is 1. The van der Waals surface area contributed by atoms with Crippen molar-refractivity contribution in [2.24, 2.45) is 5.92 Å². The summed E-state index contributed by atoms with van der Waals surface area (Å²) in [6, 6.07) is 14.2. The number of aromatic nitrogens is 1. The van der Waals surface area contributed by atoms with Crippen LogP contribution in [0.4, 0.5) is 11.5 Å². The van der Waals surface area contributed by atoms with E-state index in [1.54, 1.807) is 24.3 Å². The van der Waals surface area contributed by atoms with E-state index in [0.717, 1.165) is 37.9 Å². The first-order valence-corrected chi connectivity index (χ1v) is 10.7. The van der Waals surface area contributed by atoms with Gasteiger partial charge in [0.25, 0.3) is 0 Å². The number of pyridine rings is 1. The van der Waals surface area contributed by atoms with E-state index in [1.165, 1.54) is 0 Å². The first kappa shape index (κ1) is 20.3. The standard InChI is InChI=1S/C24H20ClN3O4/c25-17-2-1-3-18-21(17)23(30)22-19(32-18)12-20(24(26)27-22)31-16-6-4-15(5-7-16)28-10-8-14(13-29)9-11-28/h1-7,12-14H,8-11H2,(H2,26,27). The number of piperidine rings is 1. The first-order chi connectivity index (χ1) is 15.5. The number of benzene rings is 2. The molecular weight excluding hydrogens is 430 g/mol. The van der Waals surface area contributed by atoms with Gasteiger partial charge in [-0.15, -0.1) is 0 Å². The maximum absolute atomic E-state index is 12.8. The van der Waals surface area contributed by atoms with Crippen LogP contribution in [0, 0.1) is 5.92 Å². The molecular formula is C24H20ClN3O4. The highest BCUT2D eigenvalue weighted by atomic mass is 35.5. The lowest BCUT2D eigenvalue weighted by molar-refractivity contribution is -0.111. The van der Waals surface area contributed by atoms with Crippen LogP contribution in [-0.4, -0.2) is 24.4 Å². The van der Waals surface area contributed by atoms with Crippen molar-refractivity contribution in [3.05, 3.63) is 63.8 Å². The third-order valence-corrected chi connectivity index (χ3v) is 6.09. The molecule has 0 unspecified atom stereocenters. The Balaban J connectivity index is 1.43. The van der Waals surface area contributed by atoms with Gasteiger partial charge in [-0.2, -0.15) is 0 Å².